The van der Waals surface area contributed by atoms with Crippen molar-refractivity contribution in [3.05, 3.63) is 0 Å². The van der Waals surface area contributed by atoms with Crippen LogP contribution in [0.15, 0.2) is 0 Å². The molecule has 1 fully saturated rings. The Labute approximate surface area is 118 Å². The van der Waals surface area contributed by atoms with Crippen LogP contribution in [-0.4, -0.2) is 51.1 Å². The van der Waals surface area contributed by atoms with Crippen LogP contribution in [0.3, 0.4) is 0 Å². The first-order valence-corrected chi connectivity index (χ1v) is 7.53. The van der Waals surface area contributed by atoms with E-state index in [-0.39, 0.29) is 11.3 Å². The van der Waals surface area contributed by atoms with Crippen molar-refractivity contribution in [1.29, 1.82) is 0 Å². The van der Waals surface area contributed by atoms with Crippen molar-refractivity contribution in [2.24, 2.45) is 11.3 Å². The summed E-state index contributed by atoms with van der Waals surface area (Å²) < 4.78 is 0. The van der Waals surface area contributed by atoms with E-state index in [1.165, 1.54) is 25.9 Å². The van der Waals surface area contributed by atoms with Crippen LogP contribution in [0.1, 0.15) is 39.5 Å². The standard InChI is InChI=1S/C15H31N3O/c1-15(2,11-16-3)12-17-14(19)7-5-6-13-8-9-18(4)10-13/h13,16H,5-12H2,1-4H3,(H,17,19). The molecule has 4 nitrogen and oxygen atoms in total. The zero-order valence-corrected chi connectivity index (χ0v) is 13.1. The first kappa shape index (κ1) is 16.4. The lowest BCUT2D eigenvalue weighted by atomic mass is 9.93. The Hall–Kier alpha value is -0.610. The average molecular weight is 269 g/mol. The van der Waals surface area contributed by atoms with Gasteiger partial charge in [0.05, 0.1) is 0 Å². The van der Waals surface area contributed by atoms with Gasteiger partial charge in [0.1, 0.15) is 0 Å². The third-order valence-corrected chi connectivity index (χ3v) is 3.92. The van der Waals surface area contributed by atoms with Crippen LogP contribution in [0.25, 0.3) is 0 Å². The van der Waals surface area contributed by atoms with Crippen LogP contribution < -0.4 is 10.6 Å². The highest BCUT2D eigenvalue weighted by atomic mass is 16.1. The lowest BCUT2D eigenvalue weighted by Crippen LogP contribution is -2.39. The third-order valence-electron chi connectivity index (χ3n) is 3.92. The topological polar surface area (TPSA) is 44.4 Å². The summed E-state index contributed by atoms with van der Waals surface area (Å²) in [6, 6.07) is 0. The largest absolute Gasteiger partial charge is 0.356 e. The van der Waals surface area contributed by atoms with Crippen molar-refractivity contribution in [3.8, 4) is 0 Å². The van der Waals surface area contributed by atoms with Crippen molar-refractivity contribution >= 4 is 5.91 Å². The van der Waals surface area contributed by atoms with Crippen LogP contribution in [0.5, 0.6) is 0 Å². The number of rotatable bonds is 8. The maximum atomic E-state index is 11.8. The summed E-state index contributed by atoms with van der Waals surface area (Å²) in [6.07, 6.45) is 4.19. The van der Waals surface area contributed by atoms with Crippen LogP contribution in [0.2, 0.25) is 0 Å². The van der Waals surface area contributed by atoms with Gasteiger partial charge in [-0.2, -0.15) is 0 Å². The van der Waals surface area contributed by atoms with E-state index in [1.54, 1.807) is 0 Å². The van der Waals surface area contributed by atoms with Crippen molar-refractivity contribution in [1.82, 2.24) is 15.5 Å². The van der Waals surface area contributed by atoms with Crippen LogP contribution in [0.4, 0.5) is 0 Å². The molecule has 2 N–H and O–H groups in total. The van der Waals surface area contributed by atoms with Gasteiger partial charge in [-0.05, 0) is 51.2 Å². The van der Waals surface area contributed by atoms with Gasteiger partial charge < -0.3 is 15.5 Å². The number of nitrogens with one attached hydrogen (secondary N) is 2. The molecule has 1 rings (SSSR count). The Balaban J connectivity index is 2.08. The molecule has 0 aromatic rings. The van der Waals surface area contributed by atoms with E-state index in [0.29, 0.717) is 6.42 Å². The SMILES string of the molecule is CNCC(C)(C)CNC(=O)CCCC1CCN(C)C1. The Bertz CT molecular complexity index is 279. The van der Waals surface area contributed by atoms with Crippen molar-refractivity contribution in [2.75, 3.05) is 40.3 Å². The summed E-state index contributed by atoms with van der Waals surface area (Å²) in [4.78, 5) is 14.2. The lowest BCUT2D eigenvalue weighted by Gasteiger charge is -2.24. The molecule has 0 saturated carbocycles. The van der Waals surface area contributed by atoms with Gasteiger partial charge in [-0.15, -0.1) is 0 Å². The summed E-state index contributed by atoms with van der Waals surface area (Å²) in [5.41, 5.74) is 0.124. The van der Waals surface area contributed by atoms with Gasteiger partial charge in [0.2, 0.25) is 5.91 Å². The van der Waals surface area contributed by atoms with Gasteiger partial charge in [-0.25, -0.2) is 0 Å². The van der Waals surface area contributed by atoms with E-state index in [9.17, 15) is 4.79 Å². The predicted octanol–water partition coefficient (Wildman–Crippen LogP) is 1.47. The van der Waals surface area contributed by atoms with Crippen LogP contribution in [-0.2, 0) is 4.79 Å². The molecule has 1 unspecified atom stereocenters. The summed E-state index contributed by atoms with van der Waals surface area (Å²) in [7, 11) is 4.12. The second kappa shape index (κ2) is 7.85. The lowest BCUT2D eigenvalue weighted by molar-refractivity contribution is -0.121. The molecule has 4 heteroatoms. The number of likely N-dealkylation sites (tertiary alicyclic amines) is 1. The van der Waals surface area contributed by atoms with Gasteiger partial charge in [0, 0.05) is 26.1 Å². The molecule has 0 aliphatic carbocycles. The Morgan fingerprint density at radius 2 is 2.11 bits per heavy atom. The summed E-state index contributed by atoms with van der Waals surface area (Å²) in [6.45, 7) is 8.42. The third kappa shape index (κ3) is 6.92. The molecular weight excluding hydrogens is 238 g/mol. The highest BCUT2D eigenvalue weighted by Gasteiger charge is 2.20. The van der Waals surface area contributed by atoms with Crippen LogP contribution in [0, 0.1) is 11.3 Å². The minimum absolute atomic E-state index is 0.124. The van der Waals surface area contributed by atoms with E-state index in [2.05, 4.69) is 36.4 Å². The highest BCUT2D eigenvalue weighted by Crippen LogP contribution is 2.20. The molecule has 1 saturated heterocycles. The molecule has 0 bridgehead atoms. The molecule has 0 spiro atoms. The maximum absolute atomic E-state index is 11.8. The number of amides is 1. The summed E-state index contributed by atoms with van der Waals surface area (Å²) in [5, 5.41) is 6.21. The van der Waals surface area contributed by atoms with Crippen LogP contribution >= 0.6 is 0 Å². The first-order chi connectivity index (χ1) is 8.93. The number of carbonyl (C=O) groups excluding carboxylic acids is 1. The maximum Gasteiger partial charge on any atom is 0.220 e. The zero-order chi connectivity index (χ0) is 14.3. The second-order valence-electron chi connectivity index (χ2n) is 6.78. The molecule has 19 heavy (non-hydrogen) atoms. The number of hydrogen-bond donors (Lipinski definition) is 2. The predicted molar refractivity (Wildman–Crippen MR) is 80.2 cm³/mol. The first-order valence-electron chi connectivity index (χ1n) is 7.53. The van der Waals surface area contributed by atoms with Gasteiger partial charge in [0.25, 0.3) is 0 Å². The number of nitrogens with zero attached hydrogens (tertiary/aromatic N) is 1. The molecule has 0 aromatic carbocycles. The van der Waals surface area contributed by atoms with Gasteiger partial charge in [-0.1, -0.05) is 13.8 Å². The Morgan fingerprint density at radius 1 is 1.37 bits per heavy atom. The van der Waals surface area contributed by atoms with Crippen molar-refractivity contribution in [2.45, 2.75) is 39.5 Å². The normalized spacial score (nSPS) is 20.7. The minimum Gasteiger partial charge on any atom is -0.356 e. The molecule has 0 radical (unpaired) electrons. The van der Waals surface area contributed by atoms with Crippen molar-refractivity contribution in [3.63, 3.8) is 0 Å². The average Bonchev–Trinajstić information content (AvgIpc) is 2.73. The zero-order valence-electron chi connectivity index (χ0n) is 13.1. The summed E-state index contributed by atoms with van der Waals surface area (Å²) >= 11 is 0. The van der Waals surface area contributed by atoms with E-state index < -0.39 is 0 Å². The quantitative estimate of drug-likeness (QED) is 0.701. The monoisotopic (exact) mass is 269 g/mol. The molecule has 1 heterocycles. The fraction of sp³-hybridized carbons (Fsp3) is 0.933. The number of hydrogen-bond acceptors (Lipinski definition) is 3. The Kier molecular flexibility index (Phi) is 6.80. The molecular formula is C15H31N3O. The smallest absolute Gasteiger partial charge is 0.220 e. The van der Waals surface area contributed by atoms with Crippen molar-refractivity contribution < 1.29 is 4.79 Å². The molecule has 1 atom stereocenters. The molecule has 0 aromatic heterocycles. The molecule has 112 valence electrons. The van der Waals surface area contributed by atoms with E-state index in [0.717, 1.165) is 25.4 Å². The van der Waals surface area contributed by atoms with Gasteiger partial charge in [0.15, 0.2) is 0 Å². The fourth-order valence-corrected chi connectivity index (χ4v) is 2.78. The summed E-state index contributed by atoms with van der Waals surface area (Å²) in [5.74, 6) is 1.01. The molecule has 1 aliphatic rings. The highest BCUT2D eigenvalue weighted by molar-refractivity contribution is 5.75. The minimum atomic E-state index is 0.124. The van der Waals surface area contributed by atoms with E-state index in [1.807, 2.05) is 7.05 Å². The molecule has 1 aliphatic heterocycles. The second-order valence-corrected chi connectivity index (χ2v) is 6.78. The van der Waals surface area contributed by atoms with Gasteiger partial charge in [-0.3, -0.25) is 4.79 Å². The number of carbonyl (C=O) groups is 1. The molecule has 1 amide bonds. The Morgan fingerprint density at radius 3 is 2.68 bits per heavy atom. The van der Waals surface area contributed by atoms with E-state index >= 15 is 0 Å². The van der Waals surface area contributed by atoms with E-state index in [4.69, 9.17) is 0 Å². The fourth-order valence-electron chi connectivity index (χ4n) is 2.78. The van der Waals surface area contributed by atoms with Gasteiger partial charge >= 0.3 is 0 Å².